The summed E-state index contributed by atoms with van der Waals surface area (Å²) < 4.78 is 16.0. The Kier molecular flexibility index (Phi) is 12.9. The number of carbonyl (C=O) groups excluding carboxylic acids is 2. The maximum atomic E-state index is 13.1. The van der Waals surface area contributed by atoms with E-state index in [4.69, 9.17) is 14.2 Å². The van der Waals surface area contributed by atoms with Crippen LogP contribution in [0.15, 0.2) is 66.7 Å². The standard InChI is InChI=1S/C36H47N3O5/c1-4-44-36(41)14-10-5-6-11-20-37-30-16-17-31-29(24-30)19-21-39(26-35(40)38-25-27-12-8-7-9-13-27)32(31)22-28-15-18-33(42-2)34(23-28)43-3/h7-9,12-13,15-18,23-24,32,37H,4-6,10-11,14,19-22,25-26H2,1-3H3,(H,38,40). The van der Waals surface area contributed by atoms with Gasteiger partial charge in [-0.25, -0.2) is 0 Å². The van der Waals surface area contributed by atoms with Crippen molar-refractivity contribution < 1.29 is 23.8 Å². The van der Waals surface area contributed by atoms with Gasteiger partial charge in [0.15, 0.2) is 11.5 Å². The number of nitrogens with one attached hydrogen (secondary N) is 2. The van der Waals surface area contributed by atoms with E-state index in [2.05, 4.69) is 39.8 Å². The number of methoxy groups -OCH3 is 2. The Hall–Kier alpha value is -4.04. The zero-order valence-electron chi connectivity index (χ0n) is 26.4. The molecule has 8 nitrogen and oxygen atoms in total. The monoisotopic (exact) mass is 601 g/mol. The van der Waals surface area contributed by atoms with Crippen molar-refractivity contribution in [1.82, 2.24) is 10.2 Å². The van der Waals surface area contributed by atoms with E-state index in [1.54, 1.807) is 14.2 Å². The highest BCUT2D eigenvalue weighted by molar-refractivity contribution is 5.78. The largest absolute Gasteiger partial charge is 0.493 e. The van der Waals surface area contributed by atoms with Gasteiger partial charge in [-0.2, -0.15) is 0 Å². The summed E-state index contributed by atoms with van der Waals surface area (Å²) in [5.41, 5.74) is 5.90. The van der Waals surface area contributed by atoms with Crippen molar-refractivity contribution in [2.24, 2.45) is 0 Å². The lowest BCUT2D eigenvalue weighted by Crippen LogP contribution is -2.43. The van der Waals surface area contributed by atoms with E-state index in [0.29, 0.717) is 37.6 Å². The molecule has 1 aliphatic heterocycles. The van der Waals surface area contributed by atoms with Crippen LogP contribution in [0.2, 0.25) is 0 Å². The normalized spacial score (nSPS) is 14.4. The molecule has 0 bridgehead atoms. The number of nitrogens with zero attached hydrogens (tertiary/aromatic N) is 1. The van der Waals surface area contributed by atoms with Gasteiger partial charge in [0.1, 0.15) is 0 Å². The van der Waals surface area contributed by atoms with Crippen molar-refractivity contribution in [2.75, 3.05) is 45.8 Å². The lowest BCUT2D eigenvalue weighted by Gasteiger charge is -2.37. The van der Waals surface area contributed by atoms with Crippen LogP contribution in [0, 0.1) is 0 Å². The van der Waals surface area contributed by atoms with Gasteiger partial charge in [-0.3, -0.25) is 14.5 Å². The van der Waals surface area contributed by atoms with E-state index in [1.165, 1.54) is 11.1 Å². The molecule has 0 fully saturated rings. The first kappa shape index (κ1) is 32.9. The van der Waals surface area contributed by atoms with Crippen LogP contribution in [-0.4, -0.2) is 57.2 Å². The Balaban J connectivity index is 1.40. The van der Waals surface area contributed by atoms with Crippen LogP contribution in [0.4, 0.5) is 5.69 Å². The summed E-state index contributed by atoms with van der Waals surface area (Å²) >= 11 is 0. The molecule has 1 heterocycles. The lowest BCUT2D eigenvalue weighted by molar-refractivity contribution is -0.143. The molecule has 1 atom stereocenters. The Labute approximate surface area is 262 Å². The topological polar surface area (TPSA) is 89.1 Å². The Morgan fingerprint density at radius 1 is 0.886 bits per heavy atom. The molecule has 44 heavy (non-hydrogen) atoms. The molecule has 3 aromatic rings. The Morgan fingerprint density at radius 2 is 1.68 bits per heavy atom. The summed E-state index contributed by atoms with van der Waals surface area (Å²) in [6.07, 6.45) is 6.16. The van der Waals surface area contributed by atoms with Crippen LogP contribution in [0.1, 0.15) is 67.3 Å². The summed E-state index contributed by atoms with van der Waals surface area (Å²) in [6, 6.07) is 22.7. The number of hydrogen-bond donors (Lipinski definition) is 2. The Morgan fingerprint density at radius 3 is 2.45 bits per heavy atom. The van der Waals surface area contributed by atoms with Gasteiger partial charge >= 0.3 is 5.97 Å². The first-order valence-corrected chi connectivity index (χ1v) is 15.8. The first-order valence-electron chi connectivity index (χ1n) is 15.8. The van der Waals surface area contributed by atoms with E-state index in [0.717, 1.165) is 68.4 Å². The van der Waals surface area contributed by atoms with Gasteiger partial charge in [0.2, 0.25) is 5.91 Å². The van der Waals surface area contributed by atoms with Gasteiger partial charge in [-0.15, -0.1) is 0 Å². The van der Waals surface area contributed by atoms with Crippen molar-refractivity contribution in [1.29, 1.82) is 0 Å². The van der Waals surface area contributed by atoms with E-state index in [-0.39, 0.29) is 17.9 Å². The molecule has 0 aliphatic carbocycles. The number of esters is 1. The van der Waals surface area contributed by atoms with Gasteiger partial charge in [-0.05, 0) is 79.1 Å². The minimum Gasteiger partial charge on any atom is -0.493 e. The number of ether oxygens (including phenoxy) is 3. The molecule has 1 unspecified atom stereocenters. The van der Waals surface area contributed by atoms with Gasteiger partial charge in [0, 0.05) is 37.8 Å². The first-order chi connectivity index (χ1) is 21.5. The molecule has 1 aliphatic rings. The molecule has 0 aromatic heterocycles. The molecule has 0 saturated heterocycles. The van der Waals surface area contributed by atoms with Crippen LogP contribution in [0.25, 0.3) is 0 Å². The number of fused-ring (bicyclic) bond motifs is 1. The highest BCUT2D eigenvalue weighted by Gasteiger charge is 2.29. The van der Waals surface area contributed by atoms with Crippen LogP contribution in [-0.2, 0) is 33.7 Å². The number of benzene rings is 3. The van der Waals surface area contributed by atoms with E-state index in [9.17, 15) is 9.59 Å². The van der Waals surface area contributed by atoms with Crippen LogP contribution < -0.4 is 20.1 Å². The third kappa shape index (κ3) is 9.74. The summed E-state index contributed by atoms with van der Waals surface area (Å²) in [6.45, 7) is 4.83. The number of unbranched alkanes of at least 4 members (excludes halogenated alkanes) is 3. The van der Waals surface area contributed by atoms with E-state index < -0.39 is 0 Å². The molecule has 2 N–H and O–H groups in total. The highest BCUT2D eigenvalue weighted by Crippen LogP contribution is 2.36. The minimum atomic E-state index is -0.101. The van der Waals surface area contributed by atoms with Crippen LogP contribution in [0.5, 0.6) is 11.5 Å². The zero-order valence-corrected chi connectivity index (χ0v) is 26.4. The second kappa shape index (κ2) is 17.3. The summed E-state index contributed by atoms with van der Waals surface area (Å²) in [4.78, 5) is 26.9. The number of anilines is 1. The van der Waals surface area contributed by atoms with Gasteiger partial charge < -0.3 is 24.8 Å². The molecule has 3 aromatic carbocycles. The number of rotatable bonds is 17. The van der Waals surface area contributed by atoms with Crippen molar-refractivity contribution in [2.45, 2.75) is 64.5 Å². The Bertz CT molecular complexity index is 1350. The third-order valence-corrected chi connectivity index (χ3v) is 8.11. The minimum absolute atomic E-state index is 0.0233. The molecule has 0 radical (unpaired) electrons. The van der Waals surface area contributed by atoms with Crippen LogP contribution in [0.3, 0.4) is 0 Å². The maximum absolute atomic E-state index is 13.1. The van der Waals surface area contributed by atoms with Gasteiger partial charge in [0.05, 0.1) is 27.4 Å². The number of amides is 1. The SMILES string of the molecule is CCOC(=O)CCCCCCNc1ccc2c(c1)CCN(CC(=O)NCc1ccccc1)C2Cc1ccc(OC)c(OC)c1. The van der Waals surface area contributed by atoms with Gasteiger partial charge in [-0.1, -0.05) is 55.3 Å². The molecule has 1 amide bonds. The summed E-state index contributed by atoms with van der Waals surface area (Å²) in [5.74, 6) is 1.33. The van der Waals surface area contributed by atoms with Crippen molar-refractivity contribution >= 4 is 17.6 Å². The molecule has 4 rings (SSSR count). The fraction of sp³-hybridized carbons (Fsp3) is 0.444. The number of carbonyl (C=O) groups is 2. The molecule has 0 saturated carbocycles. The number of hydrogen-bond acceptors (Lipinski definition) is 7. The quantitative estimate of drug-likeness (QED) is 0.143. The fourth-order valence-electron chi connectivity index (χ4n) is 5.78. The molecule has 0 spiro atoms. The third-order valence-electron chi connectivity index (χ3n) is 8.11. The second-order valence-corrected chi connectivity index (χ2v) is 11.2. The summed E-state index contributed by atoms with van der Waals surface area (Å²) in [5, 5.41) is 6.68. The van der Waals surface area contributed by atoms with Crippen molar-refractivity contribution in [3.8, 4) is 11.5 Å². The van der Waals surface area contributed by atoms with Crippen molar-refractivity contribution in [3.63, 3.8) is 0 Å². The second-order valence-electron chi connectivity index (χ2n) is 11.2. The molecule has 236 valence electrons. The van der Waals surface area contributed by atoms with Crippen molar-refractivity contribution in [3.05, 3.63) is 89.0 Å². The average molecular weight is 602 g/mol. The fourth-order valence-corrected chi connectivity index (χ4v) is 5.78. The van der Waals surface area contributed by atoms with Gasteiger partial charge in [0.25, 0.3) is 0 Å². The zero-order chi connectivity index (χ0) is 31.1. The molecular weight excluding hydrogens is 554 g/mol. The lowest BCUT2D eigenvalue weighted by atomic mass is 9.88. The van der Waals surface area contributed by atoms with E-state index >= 15 is 0 Å². The van der Waals surface area contributed by atoms with Crippen LogP contribution >= 0.6 is 0 Å². The average Bonchev–Trinajstić information content (AvgIpc) is 3.04. The molecular formula is C36H47N3O5. The smallest absolute Gasteiger partial charge is 0.305 e. The van der Waals surface area contributed by atoms with E-state index in [1.807, 2.05) is 49.4 Å². The maximum Gasteiger partial charge on any atom is 0.305 e. The molecule has 8 heteroatoms. The predicted octanol–water partition coefficient (Wildman–Crippen LogP) is 6.09. The highest BCUT2D eigenvalue weighted by atomic mass is 16.5. The summed E-state index contributed by atoms with van der Waals surface area (Å²) in [7, 11) is 3.29. The predicted molar refractivity (Wildman–Crippen MR) is 174 cm³/mol.